The Bertz CT molecular complexity index is 330. The Morgan fingerprint density at radius 2 is 1.88 bits per heavy atom. The van der Waals surface area contributed by atoms with Crippen molar-refractivity contribution in [1.82, 2.24) is 5.32 Å². The van der Waals surface area contributed by atoms with E-state index in [1.165, 1.54) is 5.56 Å². The van der Waals surface area contributed by atoms with E-state index in [-0.39, 0.29) is 5.91 Å². The molecule has 1 amide bonds. The first-order valence-corrected chi connectivity index (χ1v) is 5.65. The van der Waals surface area contributed by atoms with E-state index in [2.05, 4.69) is 24.5 Å². The van der Waals surface area contributed by atoms with E-state index in [0.29, 0.717) is 12.5 Å². The lowest BCUT2D eigenvalue weighted by Crippen LogP contribution is -2.30. The third-order valence-electron chi connectivity index (χ3n) is 2.17. The standard InChI is InChI=1S/C13H20N2O/c1-10(2)8-14-9-13(16)15-12-6-4-11(3)5-7-12/h4-7,10,14H,8-9H2,1-3H3,(H,15,16). The molecule has 0 saturated heterocycles. The predicted molar refractivity (Wildman–Crippen MR) is 67.5 cm³/mol. The zero-order valence-electron chi connectivity index (χ0n) is 10.2. The van der Waals surface area contributed by atoms with Gasteiger partial charge in [-0.05, 0) is 31.5 Å². The van der Waals surface area contributed by atoms with Crippen molar-refractivity contribution in [3.05, 3.63) is 29.8 Å². The van der Waals surface area contributed by atoms with Gasteiger partial charge in [-0.2, -0.15) is 0 Å². The lowest BCUT2D eigenvalue weighted by atomic mass is 10.2. The van der Waals surface area contributed by atoms with Gasteiger partial charge in [0.2, 0.25) is 5.91 Å². The number of anilines is 1. The normalized spacial score (nSPS) is 10.5. The van der Waals surface area contributed by atoms with Crippen molar-refractivity contribution in [3.63, 3.8) is 0 Å². The molecule has 3 heteroatoms. The van der Waals surface area contributed by atoms with Crippen molar-refractivity contribution in [2.75, 3.05) is 18.4 Å². The number of rotatable bonds is 5. The van der Waals surface area contributed by atoms with Crippen LogP contribution in [0.15, 0.2) is 24.3 Å². The molecule has 0 aliphatic heterocycles. The largest absolute Gasteiger partial charge is 0.325 e. The third kappa shape index (κ3) is 4.94. The van der Waals surface area contributed by atoms with E-state index in [4.69, 9.17) is 0 Å². The summed E-state index contributed by atoms with van der Waals surface area (Å²) in [6, 6.07) is 7.79. The van der Waals surface area contributed by atoms with Gasteiger partial charge in [0.1, 0.15) is 0 Å². The summed E-state index contributed by atoms with van der Waals surface area (Å²) in [5.41, 5.74) is 2.04. The Morgan fingerprint density at radius 1 is 1.25 bits per heavy atom. The van der Waals surface area contributed by atoms with Crippen LogP contribution in [0.3, 0.4) is 0 Å². The highest BCUT2D eigenvalue weighted by Crippen LogP contribution is 2.07. The molecular weight excluding hydrogens is 200 g/mol. The molecule has 0 aliphatic carbocycles. The Hall–Kier alpha value is -1.35. The lowest BCUT2D eigenvalue weighted by Gasteiger charge is -2.08. The molecule has 0 aliphatic rings. The van der Waals surface area contributed by atoms with Crippen LogP contribution in [-0.4, -0.2) is 19.0 Å². The first kappa shape index (κ1) is 12.7. The molecule has 0 saturated carbocycles. The van der Waals surface area contributed by atoms with Gasteiger partial charge in [-0.25, -0.2) is 0 Å². The molecule has 16 heavy (non-hydrogen) atoms. The number of carbonyl (C=O) groups excluding carboxylic acids is 1. The van der Waals surface area contributed by atoms with Gasteiger partial charge >= 0.3 is 0 Å². The van der Waals surface area contributed by atoms with Crippen molar-refractivity contribution in [3.8, 4) is 0 Å². The van der Waals surface area contributed by atoms with Crippen LogP contribution in [0.5, 0.6) is 0 Å². The van der Waals surface area contributed by atoms with Crippen molar-refractivity contribution in [1.29, 1.82) is 0 Å². The Kier molecular flexibility index (Phi) is 4.99. The van der Waals surface area contributed by atoms with Crippen LogP contribution >= 0.6 is 0 Å². The minimum Gasteiger partial charge on any atom is -0.325 e. The number of amides is 1. The van der Waals surface area contributed by atoms with Gasteiger partial charge in [-0.1, -0.05) is 31.5 Å². The van der Waals surface area contributed by atoms with Crippen molar-refractivity contribution < 1.29 is 4.79 Å². The summed E-state index contributed by atoms with van der Waals surface area (Å²) in [6.45, 7) is 7.49. The van der Waals surface area contributed by atoms with Crippen LogP contribution in [0, 0.1) is 12.8 Å². The number of carbonyl (C=O) groups is 1. The maximum absolute atomic E-state index is 11.5. The van der Waals surface area contributed by atoms with Gasteiger partial charge in [0.25, 0.3) is 0 Å². The number of nitrogens with one attached hydrogen (secondary N) is 2. The lowest BCUT2D eigenvalue weighted by molar-refractivity contribution is -0.115. The van der Waals surface area contributed by atoms with Gasteiger partial charge < -0.3 is 10.6 Å². The predicted octanol–water partition coefficient (Wildman–Crippen LogP) is 2.18. The zero-order valence-corrected chi connectivity index (χ0v) is 10.2. The molecule has 0 aromatic heterocycles. The monoisotopic (exact) mass is 220 g/mol. The number of hydrogen-bond acceptors (Lipinski definition) is 2. The average Bonchev–Trinajstić information content (AvgIpc) is 2.21. The molecule has 0 unspecified atom stereocenters. The molecule has 88 valence electrons. The second-order valence-corrected chi connectivity index (χ2v) is 4.44. The second-order valence-electron chi connectivity index (χ2n) is 4.44. The van der Waals surface area contributed by atoms with E-state index in [0.717, 1.165) is 12.2 Å². The fourth-order valence-corrected chi connectivity index (χ4v) is 1.32. The van der Waals surface area contributed by atoms with Crippen LogP contribution in [-0.2, 0) is 4.79 Å². The summed E-state index contributed by atoms with van der Waals surface area (Å²) in [7, 11) is 0. The van der Waals surface area contributed by atoms with Crippen LogP contribution < -0.4 is 10.6 Å². The SMILES string of the molecule is Cc1ccc(NC(=O)CNCC(C)C)cc1. The van der Waals surface area contributed by atoms with Gasteiger partial charge in [-0.3, -0.25) is 4.79 Å². The Balaban J connectivity index is 2.31. The third-order valence-corrected chi connectivity index (χ3v) is 2.17. The smallest absolute Gasteiger partial charge is 0.238 e. The number of aryl methyl sites for hydroxylation is 1. The molecule has 1 aromatic rings. The molecular formula is C13H20N2O. The number of hydrogen-bond donors (Lipinski definition) is 2. The summed E-state index contributed by atoms with van der Waals surface area (Å²) >= 11 is 0. The van der Waals surface area contributed by atoms with Crippen molar-refractivity contribution >= 4 is 11.6 Å². The molecule has 0 fully saturated rings. The van der Waals surface area contributed by atoms with Crippen LogP contribution in [0.2, 0.25) is 0 Å². The highest BCUT2D eigenvalue weighted by molar-refractivity contribution is 5.92. The molecule has 0 atom stereocenters. The highest BCUT2D eigenvalue weighted by Gasteiger charge is 2.01. The van der Waals surface area contributed by atoms with Gasteiger partial charge in [-0.15, -0.1) is 0 Å². The van der Waals surface area contributed by atoms with Gasteiger partial charge in [0.15, 0.2) is 0 Å². The topological polar surface area (TPSA) is 41.1 Å². The quantitative estimate of drug-likeness (QED) is 0.798. The van der Waals surface area contributed by atoms with Crippen molar-refractivity contribution in [2.24, 2.45) is 5.92 Å². The van der Waals surface area contributed by atoms with Crippen LogP contribution in [0.4, 0.5) is 5.69 Å². The minimum absolute atomic E-state index is 0.00417. The maximum Gasteiger partial charge on any atom is 0.238 e. The molecule has 2 N–H and O–H groups in total. The first-order chi connectivity index (χ1) is 7.58. The van der Waals surface area contributed by atoms with E-state index < -0.39 is 0 Å². The van der Waals surface area contributed by atoms with E-state index in [9.17, 15) is 4.79 Å². The molecule has 0 heterocycles. The Morgan fingerprint density at radius 3 is 2.44 bits per heavy atom. The molecule has 0 bridgehead atoms. The summed E-state index contributed by atoms with van der Waals surface area (Å²) in [5.74, 6) is 0.566. The fraction of sp³-hybridized carbons (Fsp3) is 0.462. The summed E-state index contributed by atoms with van der Waals surface area (Å²) in [6.07, 6.45) is 0. The first-order valence-electron chi connectivity index (χ1n) is 5.65. The van der Waals surface area contributed by atoms with Crippen molar-refractivity contribution in [2.45, 2.75) is 20.8 Å². The molecule has 3 nitrogen and oxygen atoms in total. The van der Waals surface area contributed by atoms with Gasteiger partial charge in [0, 0.05) is 5.69 Å². The Labute approximate surface area is 97.2 Å². The average molecular weight is 220 g/mol. The fourth-order valence-electron chi connectivity index (χ4n) is 1.32. The van der Waals surface area contributed by atoms with E-state index >= 15 is 0 Å². The zero-order chi connectivity index (χ0) is 12.0. The summed E-state index contributed by atoms with van der Waals surface area (Å²) in [4.78, 5) is 11.5. The van der Waals surface area contributed by atoms with Crippen LogP contribution in [0.25, 0.3) is 0 Å². The summed E-state index contributed by atoms with van der Waals surface area (Å²) < 4.78 is 0. The molecule has 1 aromatic carbocycles. The number of benzene rings is 1. The molecule has 0 radical (unpaired) electrons. The van der Waals surface area contributed by atoms with Gasteiger partial charge in [0.05, 0.1) is 6.54 Å². The van der Waals surface area contributed by atoms with E-state index in [1.54, 1.807) is 0 Å². The van der Waals surface area contributed by atoms with Crippen LogP contribution in [0.1, 0.15) is 19.4 Å². The molecule has 0 spiro atoms. The molecule has 1 rings (SSSR count). The second kappa shape index (κ2) is 6.28. The van der Waals surface area contributed by atoms with E-state index in [1.807, 2.05) is 31.2 Å². The highest BCUT2D eigenvalue weighted by atomic mass is 16.1. The summed E-state index contributed by atoms with van der Waals surface area (Å²) in [5, 5.41) is 5.95. The maximum atomic E-state index is 11.5. The minimum atomic E-state index is 0.00417.